The Kier molecular flexibility index (Phi) is 7.06. The summed E-state index contributed by atoms with van der Waals surface area (Å²) in [5, 5.41) is -0.195. The minimum Gasteiger partial charge on any atom is -0.469 e. The van der Waals surface area contributed by atoms with Gasteiger partial charge in [-0.05, 0) is 11.8 Å². The number of nitrogens with zero attached hydrogens (tertiary/aromatic N) is 3. The van der Waals surface area contributed by atoms with Crippen molar-refractivity contribution in [3.8, 4) is 0 Å². The summed E-state index contributed by atoms with van der Waals surface area (Å²) in [6.45, 7) is 7.86. The van der Waals surface area contributed by atoms with Gasteiger partial charge in [0.1, 0.15) is 11.9 Å². The van der Waals surface area contributed by atoms with Gasteiger partial charge in [-0.2, -0.15) is 8.42 Å². The molecule has 0 saturated carbocycles. The summed E-state index contributed by atoms with van der Waals surface area (Å²) in [6.07, 6.45) is 2.70. The standard InChI is InChI=1S/C20H28N4O7S/c1-12(2)10-30-32(27,28)16-9-23(11-21-16)8-14-17(13(3)4)18(29-5)19(31-14)24-7-6-15(25)22-20(24)26/h6-7,9,11-13,18-19H,8,10H2,1-5H3,(H,22,25,26)/t18?,19-/m1/s1. The van der Waals surface area contributed by atoms with Crippen LogP contribution in [0, 0.1) is 11.8 Å². The van der Waals surface area contributed by atoms with Gasteiger partial charge in [0.15, 0.2) is 5.03 Å². The van der Waals surface area contributed by atoms with Crippen LogP contribution in [-0.4, -0.2) is 47.3 Å². The van der Waals surface area contributed by atoms with Crippen molar-refractivity contribution in [1.82, 2.24) is 19.1 Å². The molecular weight excluding hydrogens is 440 g/mol. The zero-order valence-corrected chi connectivity index (χ0v) is 19.5. The number of methoxy groups -OCH3 is 1. The zero-order chi connectivity index (χ0) is 23.6. The Morgan fingerprint density at radius 2 is 1.97 bits per heavy atom. The zero-order valence-electron chi connectivity index (χ0n) is 18.6. The molecule has 0 aromatic carbocycles. The van der Waals surface area contributed by atoms with E-state index in [-0.39, 0.29) is 30.0 Å². The fraction of sp³-hybridized carbons (Fsp3) is 0.550. The maximum Gasteiger partial charge on any atom is 0.331 e. The van der Waals surface area contributed by atoms with Crippen LogP contribution in [0.2, 0.25) is 0 Å². The molecule has 1 unspecified atom stereocenters. The number of nitrogens with one attached hydrogen (secondary N) is 1. The third-order valence-electron chi connectivity index (χ3n) is 4.90. The van der Waals surface area contributed by atoms with E-state index >= 15 is 0 Å². The molecule has 0 bridgehead atoms. The number of aromatic nitrogens is 4. The molecule has 1 N–H and O–H groups in total. The number of imidazole rings is 1. The average Bonchev–Trinajstić information content (AvgIpc) is 3.32. The molecule has 12 heteroatoms. The van der Waals surface area contributed by atoms with Crippen LogP contribution in [0.5, 0.6) is 0 Å². The summed E-state index contributed by atoms with van der Waals surface area (Å²) in [4.78, 5) is 29.9. The highest BCUT2D eigenvalue weighted by Crippen LogP contribution is 2.38. The van der Waals surface area contributed by atoms with Crippen LogP contribution >= 0.6 is 0 Å². The number of rotatable bonds is 9. The third-order valence-corrected chi connectivity index (χ3v) is 6.07. The summed E-state index contributed by atoms with van der Waals surface area (Å²) in [6, 6.07) is 1.23. The lowest BCUT2D eigenvalue weighted by Gasteiger charge is -2.22. The molecule has 2 atom stereocenters. The Morgan fingerprint density at radius 3 is 2.56 bits per heavy atom. The van der Waals surface area contributed by atoms with Gasteiger partial charge in [-0.25, -0.2) is 9.78 Å². The van der Waals surface area contributed by atoms with Crippen LogP contribution < -0.4 is 11.2 Å². The van der Waals surface area contributed by atoms with Gasteiger partial charge < -0.3 is 14.0 Å². The topological polar surface area (TPSA) is 135 Å². The molecule has 1 aliphatic heterocycles. The van der Waals surface area contributed by atoms with Gasteiger partial charge in [-0.1, -0.05) is 27.7 Å². The van der Waals surface area contributed by atoms with E-state index in [9.17, 15) is 18.0 Å². The summed E-state index contributed by atoms with van der Waals surface area (Å²) in [7, 11) is -2.46. The van der Waals surface area contributed by atoms with Crippen molar-refractivity contribution >= 4 is 10.1 Å². The molecule has 0 saturated heterocycles. The van der Waals surface area contributed by atoms with Crippen molar-refractivity contribution in [2.75, 3.05) is 13.7 Å². The van der Waals surface area contributed by atoms with E-state index in [4.69, 9.17) is 13.7 Å². The predicted octanol–water partition coefficient (Wildman–Crippen LogP) is 1.25. The Bertz CT molecular complexity index is 1210. The molecule has 2 aromatic heterocycles. The molecule has 32 heavy (non-hydrogen) atoms. The van der Waals surface area contributed by atoms with Crippen molar-refractivity contribution in [1.29, 1.82) is 0 Å². The Hall–Kier alpha value is -2.70. The summed E-state index contributed by atoms with van der Waals surface area (Å²) >= 11 is 0. The molecule has 3 rings (SSSR count). The molecule has 3 heterocycles. The maximum absolute atomic E-state index is 12.3. The maximum atomic E-state index is 12.3. The van der Waals surface area contributed by atoms with Crippen LogP contribution in [0.3, 0.4) is 0 Å². The number of ether oxygens (including phenoxy) is 2. The summed E-state index contributed by atoms with van der Waals surface area (Å²) in [5.74, 6) is 0.593. The number of allylic oxidation sites excluding steroid dienone is 1. The summed E-state index contributed by atoms with van der Waals surface area (Å²) in [5.41, 5.74) is -0.306. The molecule has 2 aromatic rings. The molecule has 0 radical (unpaired) electrons. The predicted molar refractivity (Wildman–Crippen MR) is 114 cm³/mol. The van der Waals surface area contributed by atoms with Crippen molar-refractivity contribution < 1.29 is 22.1 Å². The van der Waals surface area contributed by atoms with Gasteiger partial charge in [0, 0.05) is 31.1 Å². The summed E-state index contributed by atoms with van der Waals surface area (Å²) < 4.78 is 44.2. The van der Waals surface area contributed by atoms with Gasteiger partial charge >= 0.3 is 15.8 Å². The highest BCUT2D eigenvalue weighted by atomic mass is 32.2. The number of hydrogen-bond donors (Lipinski definition) is 1. The average molecular weight is 469 g/mol. The Labute approximate surface area is 185 Å². The van der Waals surface area contributed by atoms with Crippen molar-refractivity contribution in [3.05, 3.63) is 57.0 Å². The van der Waals surface area contributed by atoms with Crippen LogP contribution in [0.15, 0.2) is 50.7 Å². The van der Waals surface area contributed by atoms with E-state index in [2.05, 4.69) is 9.97 Å². The van der Waals surface area contributed by atoms with Crippen LogP contribution in [-0.2, 0) is 30.3 Å². The second kappa shape index (κ2) is 9.43. The molecule has 1 aliphatic rings. The minimum atomic E-state index is -3.97. The molecule has 11 nitrogen and oxygen atoms in total. The first-order valence-electron chi connectivity index (χ1n) is 10.2. The van der Waals surface area contributed by atoms with Crippen LogP contribution in [0.4, 0.5) is 0 Å². The SMILES string of the molecule is COC1C(C(C)C)=C(Cn2cnc(S(=O)(=O)OCC(C)C)c2)O[C@H]1n1ccc(=O)[nH]c1=O. The highest BCUT2D eigenvalue weighted by Gasteiger charge is 2.40. The number of aromatic amines is 1. The second-order valence-electron chi connectivity index (χ2n) is 8.23. The molecule has 0 amide bonds. The lowest BCUT2D eigenvalue weighted by molar-refractivity contribution is -0.0293. The Morgan fingerprint density at radius 1 is 1.25 bits per heavy atom. The fourth-order valence-electron chi connectivity index (χ4n) is 3.45. The first-order chi connectivity index (χ1) is 15.0. The number of H-pyrrole nitrogens is 1. The van der Waals surface area contributed by atoms with E-state index in [1.807, 2.05) is 27.7 Å². The van der Waals surface area contributed by atoms with E-state index < -0.39 is 33.7 Å². The van der Waals surface area contributed by atoms with Crippen LogP contribution in [0.1, 0.15) is 33.9 Å². The first kappa shape index (κ1) is 24.0. The van der Waals surface area contributed by atoms with Gasteiger partial charge in [0.05, 0.1) is 19.5 Å². The van der Waals surface area contributed by atoms with E-state index in [1.165, 1.54) is 36.5 Å². The lowest BCUT2D eigenvalue weighted by atomic mass is 9.96. The fourth-order valence-corrected chi connectivity index (χ4v) is 4.46. The van der Waals surface area contributed by atoms with Gasteiger partial charge in [-0.15, -0.1) is 0 Å². The van der Waals surface area contributed by atoms with Crippen molar-refractivity contribution in [2.45, 2.75) is 51.6 Å². The molecule has 0 aliphatic carbocycles. The molecule has 0 fully saturated rings. The van der Waals surface area contributed by atoms with E-state index in [0.717, 1.165) is 5.57 Å². The largest absolute Gasteiger partial charge is 0.469 e. The van der Waals surface area contributed by atoms with Gasteiger partial charge in [0.25, 0.3) is 5.56 Å². The van der Waals surface area contributed by atoms with Crippen molar-refractivity contribution in [2.24, 2.45) is 11.8 Å². The van der Waals surface area contributed by atoms with Crippen molar-refractivity contribution in [3.63, 3.8) is 0 Å². The molecular formula is C20H28N4O7S. The van der Waals surface area contributed by atoms with Crippen LogP contribution in [0.25, 0.3) is 0 Å². The lowest BCUT2D eigenvalue weighted by Crippen LogP contribution is -2.36. The Balaban J connectivity index is 1.89. The molecule has 0 spiro atoms. The van der Waals surface area contributed by atoms with Gasteiger partial charge in [0.2, 0.25) is 6.23 Å². The minimum absolute atomic E-state index is 0.0134. The van der Waals surface area contributed by atoms with E-state index in [0.29, 0.717) is 5.76 Å². The first-order valence-corrected chi connectivity index (χ1v) is 11.6. The second-order valence-corrected chi connectivity index (χ2v) is 9.79. The number of hydrogen-bond acceptors (Lipinski definition) is 8. The van der Waals surface area contributed by atoms with Gasteiger partial charge in [-0.3, -0.25) is 18.5 Å². The normalized spacial score (nSPS) is 19.2. The monoisotopic (exact) mass is 468 g/mol. The molecule has 176 valence electrons. The highest BCUT2D eigenvalue weighted by molar-refractivity contribution is 7.86. The smallest absolute Gasteiger partial charge is 0.331 e. The van der Waals surface area contributed by atoms with E-state index in [1.54, 1.807) is 4.57 Å². The quantitative estimate of drug-likeness (QED) is 0.544. The third kappa shape index (κ3) is 5.03.